The third kappa shape index (κ3) is 2.96. The maximum absolute atomic E-state index is 11.1. The van der Waals surface area contributed by atoms with Gasteiger partial charge in [-0.1, -0.05) is 67.3 Å². The number of hydrogen-bond acceptors (Lipinski definition) is 3. The zero-order chi connectivity index (χ0) is 14.4. The maximum Gasteiger partial charge on any atom is 0.133 e. The van der Waals surface area contributed by atoms with Gasteiger partial charge >= 0.3 is 0 Å². The summed E-state index contributed by atoms with van der Waals surface area (Å²) < 4.78 is 5.35. The Labute approximate surface area is 125 Å². The number of thiol groups is 1. The first-order chi connectivity index (χ1) is 9.72. The van der Waals surface area contributed by atoms with Crippen LogP contribution in [0.2, 0.25) is 0 Å². The van der Waals surface area contributed by atoms with Gasteiger partial charge in [-0.15, -0.1) is 0 Å². The zero-order valence-electron chi connectivity index (χ0n) is 11.2. The third-order valence-electron chi connectivity index (χ3n) is 3.29. The van der Waals surface area contributed by atoms with Crippen molar-refractivity contribution in [3.05, 3.63) is 83.9 Å². The van der Waals surface area contributed by atoms with Crippen LogP contribution in [-0.2, 0) is 16.9 Å². The van der Waals surface area contributed by atoms with E-state index >= 15 is 0 Å². The van der Waals surface area contributed by atoms with Crippen LogP contribution in [0.1, 0.15) is 16.7 Å². The van der Waals surface area contributed by atoms with Crippen LogP contribution < -0.4 is 0 Å². The average molecular weight is 286 g/mol. The van der Waals surface area contributed by atoms with E-state index in [0.717, 1.165) is 16.7 Å². The Morgan fingerprint density at radius 1 is 1.10 bits per heavy atom. The lowest BCUT2D eigenvalue weighted by molar-refractivity contribution is 0.125. The average Bonchev–Trinajstić information content (AvgIpc) is 2.53. The summed E-state index contributed by atoms with van der Waals surface area (Å²) in [5.74, 6) is 0.339. The summed E-state index contributed by atoms with van der Waals surface area (Å²) in [7, 11) is 0. The van der Waals surface area contributed by atoms with E-state index in [4.69, 9.17) is 4.74 Å². The first-order valence-electron chi connectivity index (χ1n) is 6.41. The summed E-state index contributed by atoms with van der Waals surface area (Å²) in [5, 5.41) is 11.1. The summed E-state index contributed by atoms with van der Waals surface area (Å²) in [6.07, 6.45) is 1.56. The van der Waals surface area contributed by atoms with Gasteiger partial charge < -0.3 is 9.84 Å². The second-order valence-corrected chi connectivity index (χ2v) is 4.73. The number of rotatable bonds is 6. The summed E-state index contributed by atoms with van der Waals surface area (Å²) in [4.78, 5) is 0. The van der Waals surface area contributed by atoms with Gasteiger partial charge in [0.1, 0.15) is 5.60 Å². The molecule has 20 heavy (non-hydrogen) atoms. The predicted molar refractivity (Wildman–Crippen MR) is 84.7 cm³/mol. The van der Waals surface area contributed by atoms with E-state index < -0.39 is 5.60 Å². The second kappa shape index (κ2) is 6.75. The van der Waals surface area contributed by atoms with Crippen LogP contribution in [0.4, 0.5) is 0 Å². The number of aliphatic hydroxyl groups is 1. The third-order valence-corrected chi connectivity index (χ3v) is 3.47. The Morgan fingerprint density at radius 2 is 1.75 bits per heavy atom. The minimum atomic E-state index is -1.22. The van der Waals surface area contributed by atoms with Gasteiger partial charge in [0.2, 0.25) is 0 Å². The van der Waals surface area contributed by atoms with E-state index in [0.29, 0.717) is 12.5 Å². The molecule has 1 N–H and O–H groups in total. The van der Waals surface area contributed by atoms with E-state index in [1.807, 2.05) is 54.6 Å². The number of benzene rings is 2. The molecule has 0 amide bonds. The highest BCUT2D eigenvalue weighted by Crippen LogP contribution is 2.33. The molecule has 104 valence electrons. The molecular weight excluding hydrogens is 268 g/mol. The quantitative estimate of drug-likeness (QED) is 0.483. The van der Waals surface area contributed by atoms with Crippen LogP contribution in [0.25, 0.3) is 0 Å². The van der Waals surface area contributed by atoms with Crippen molar-refractivity contribution in [2.45, 2.75) is 12.2 Å². The van der Waals surface area contributed by atoms with Crippen LogP contribution >= 0.6 is 12.6 Å². The van der Waals surface area contributed by atoms with Gasteiger partial charge in [0.25, 0.3) is 0 Å². The van der Waals surface area contributed by atoms with Crippen molar-refractivity contribution in [3.8, 4) is 0 Å². The molecule has 0 aromatic heterocycles. The van der Waals surface area contributed by atoms with Gasteiger partial charge in [-0.3, -0.25) is 0 Å². The summed E-state index contributed by atoms with van der Waals surface area (Å²) >= 11 is 4.05. The Hall–Kier alpha value is -1.55. The van der Waals surface area contributed by atoms with E-state index in [9.17, 15) is 5.11 Å². The maximum atomic E-state index is 11.1. The molecule has 0 heterocycles. The smallest absolute Gasteiger partial charge is 0.133 e. The molecular formula is C17H18O2S. The molecule has 2 rings (SSSR count). The molecule has 0 spiro atoms. The molecule has 2 aromatic rings. The lowest BCUT2D eigenvalue weighted by atomic mass is 9.84. The molecule has 0 bridgehead atoms. The molecule has 2 aromatic carbocycles. The Bertz CT molecular complexity index is 568. The fraction of sp³-hybridized carbons (Fsp3) is 0.176. The van der Waals surface area contributed by atoms with Crippen molar-refractivity contribution in [2.75, 3.05) is 5.94 Å². The number of ether oxygens (including phenoxy) is 1. The van der Waals surface area contributed by atoms with Crippen molar-refractivity contribution < 1.29 is 9.84 Å². The topological polar surface area (TPSA) is 29.5 Å². The summed E-state index contributed by atoms with van der Waals surface area (Å²) in [6.45, 7) is 4.21. The number of hydrogen-bond donors (Lipinski definition) is 2. The van der Waals surface area contributed by atoms with E-state index in [-0.39, 0.29) is 0 Å². The van der Waals surface area contributed by atoms with Gasteiger partial charge in [0.15, 0.2) is 0 Å². The monoisotopic (exact) mass is 286 g/mol. The van der Waals surface area contributed by atoms with E-state index in [2.05, 4.69) is 19.2 Å². The lowest BCUT2D eigenvalue weighted by Gasteiger charge is -2.28. The highest BCUT2D eigenvalue weighted by atomic mass is 32.1. The summed E-state index contributed by atoms with van der Waals surface area (Å²) in [5.41, 5.74) is 1.27. The first kappa shape index (κ1) is 14.9. The molecule has 3 heteroatoms. The highest BCUT2D eigenvalue weighted by molar-refractivity contribution is 7.80. The van der Waals surface area contributed by atoms with Crippen molar-refractivity contribution in [2.24, 2.45) is 0 Å². The van der Waals surface area contributed by atoms with Gasteiger partial charge in [0, 0.05) is 0 Å². The van der Waals surface area contributed by atoms with Crippen molar-refractivity contribution in [1.29, 1.82) is 0 Å². The molecule has 2 nitrogen and oxygen atoms in total. The van der Waals surface area contributed by atoms with Gasteiger partial charge in [-0.2, -0.15) is 12.6 Å². The molecule has 0 aliphatic heterocycles. The summed E-state index contributed by atoms with van der Waals surface area (Å²) in [6, 6.07) is 17.2. The standard InChI is InChI=1S/C17H18O2S/c1-2-17(18,15-9-4-3-5-10-15)16-11-7-6-8-14(16)12-19-13-20/h2-11,18,20H,1,12-13H2. The van der Waals surface area contributed by atoms with Crippen LogP contribution in [0.15, 0.2) is 67.3 Å². The molecule has 0 saturated heterocycles. The van der Waals surface area contributed by atoms with Gasteiger partial charge in [-0.05, 0) is 16.7 Å². The van der Waals surface area contributed by atoms with Crippen LogP contribution in [0.3, 0.4) is 0 Å². The predicted octanol–water partition coefficient (Wildman–Crippen LogP) is 3.51. The molecule has 1 unspecified atom stereocenters. The van der Waals surface area contributed by atoms with Crippen molar-refractivity contribution in [1.82, 2.24) is 0 Å². The minimum absolute atomic E-state index is 0.339. The minimum Gasteiger partial charge on any atom is -0.377 e. The lowest BCUT2D eigenvalue weighted by Crippen LogP contribution is -2.26. The molecule has 0 radical (unpaired) electrons. The Balaban J connectivity index is 2.49. The zero-order valence-corrected chi connectivity index (χ0v) is 12.1. The SMILES string of the molecule is C=CC(O)(c1ccccc1)c1ccccc1COCS. The Morgan fingerprint density at radius 3 is 2.40 bits per heavy atom. The van der Waals surface area contributed by atoms with Crippen molar-refractivity contribution >= 4 is 12.6 Å². The highest BCUT2D eigenvalue weighted by Gasteiger charge is 2.29. The molecule has 1 atom stereocenters. The molecule has 0 aliphatic rings. The molecule has 0 fully saturated rings. The van der Waals surface area contributed by atoms with Crippen molar-refractivity contribution in [3.63, 3.8) is 0 Å². The van der Waals surface area contributed by atoms with Gasteiger partial charge in [-0.25, -0.2) is 0 Å². The van der Waals surface area contributed by atoms with Gasteiger partial charge in [0.05, 0.1) is 12.5 Å². The fourth-order valence-corrected chi connectivity index (χ4v) is 2.34. The normalized spacial score (nSPS) is 13.7. The second-order valence-electron chi connectivity index (χ2n) is 4.47. The Kier molecular flexibility index (Phi) is 5.01. The van der Waals surface area contributed by atoms with E-state index in [1.54, 1.807) is 6.08 Å². The van der Waals surface area contributed by atoms with Crippen LogP contribution in [0, 0.1) is 0 Å². The molecule has 0 saturated carbocycles. The molecule has 0 aliphatic carbocycles. The largest absolute Gasteiger partial charge is 0.377 e. The van der Waals surface area contributed by atoms with Crippen LogP contribution in [-0.4, -0.2) is 11.0 Å². The first-order valence-corrected chi connectivity index (χ1v) is 7.04. The van der Waals surface area contributed by atoms with Crippen LogP contribution in [0.5, 0.6) is 0 Å². The fourth-order valence-electron chi connectivity index (χ4n) is 2.25. The van der Waals surface area contributed by atoms with E-state index in [1.165, 1.54) is 0 Å².